The van der Waals surface area contributed by atoms with E-state index in [1.54, 1.807) is 0 Å². The third-order valence-electron chi connectivity index (χ3n) is 6.29. The maximum absolute atomic E-state index is 12.8. The van der Waals surface area contributed by atoms with E-state index >= 15 is 0 Å². The third-order valence-corrected chi connectivity index (χ3v) is 6.29. The predicted molar refractivity (Wildman–Crippen MR) is 127 cm³/mol. The summed E-state index contributed by atoms with van der Waals surface area (Å²) in [5.41, 5.74) is 1.76. The summed E-state index contributed by atoms with van der Waals surface area (Å²) in [6.45, 7) is 9.35. The summed E-state index contributed by atoms with van der Waals surface area (Å²) >= 11 is 0. The molecular weight excluding hydrogens is 435 g/mol. The molecule has 2 N–H and O–H groups in total. The van der Waals surface area contributed by atoms with E-state index in [4.69, 9.17) is 0 Å². The largest absolute Gasteiger partial charge is 0.347 e. The van der Waals surface area contributed by atoms with Crippen LogP contribution in [0.25, 0.3) is 0 Å². The molecule has 2 aliphatic rings. The number of hydrogen-bond donors (Lipinski definition) is 2. The van der Waals surface area contributed by atoms with Gasteiger partial charge in [0, 0.05) is 25.7 Å². The number of likely N-dealkylation sites (tertiary alicyclic amines) is 1. The van der Waals surface area contributed by atoms with Crippen molar-refractivity contribution in [3.63, 3.8) is 0 Å². The molecule has 0 aliphatic carbocycles. The van der Waals surface area contributed by atoms with Crippen LogP contribution in [0.1, 0.15) is 48.8 Å². The maximum Gasteiger partial charge on any atom is 0.273 e. The van der Waals surface area contributed by atoms with E-state index in [2.05, 4.69) is 70.0 Å². The van der Waals surface area contributed by atoms with Crippen LogP contribution in [0.2, 0.25) is 0 Å². The SMILES string of the molecule is CC1CN(Cc2ccccc2)CC(C)C1NC(=O)c1cn(C2CCNCC2)nn1.Cl.Cl. The first kappa shape index (κ1) is 25.6. The Morgan fingerprint density at radius 1 is 1.10 bits per heavy atom. The van der Waals surface area contributed by atoms with Crippen molar-refractivity contribution in [2.24, 2.45) is 11.8 Å². The van der Waals surface area contributed by atoms with E-state index in [1.807, 2.05) is 10.9 Å². The summed E-state index contributed by atoms with van der Waals surface area (Å²) in [7, 11) is 0. The second-order valence-corrected chi connectivity index (χ2v) is 8.70. The average molecular weight is 469 g/mol. The van der Waals surface area contributed by atoms with Gasteiger partial charge in [-0.2, -0.15) is 0 Å². The van der Waals surface area contributed by atoms with Gasteiger partial charge in [0.25, 0.3) is 5.91 Å². The lowest BCUT2D eigenvalue weighted by molar-refractivity contribution is 0.0729. The van der Waals surface area contributed by atoms with E-state index < -0.39 is 0 Å². The van der Waals surface area contributed by atoms with Crippen molar-refractivity contribution in [1.82, 2.24) is 30.5 Å². The van der Waals surface area contributed by atoms with Crippen molar-refractivity contribution in [3.8, 4) is 0 Å². The molecule has 1 aromatic heterocycles. The van der Waals surface area contributed by atoms with Gasteiger partial charge in [0.1, 0.15) is 0 Å². The summed E-state index contributed by atoms with van der Waals surface area (Å²) in [6.07, 6.45) is 3.86. The maximum atomic E-state index is 12.8. The number of carbonyl (C=O) groups excluding carboxylic acids is 1. The number of rotatable bonds is 5. The molecule has 9 heteroatoms. The summed E-state index contributed by atoms with van der Waals surface area (Å²) in [5.74, 6) is 0.655. The van der Waals surface area contributed by atoms with Crippen molar-refractivity contribution in [3.05, 3.63) is 47.8 Å². The fourth-order valence-electron chi connectivity index (χ4n) is 4.79. The van der Waals surface area contributed by atoms with Crippen LogP contribution in [0, 0.1) is 11.8 Å². The zero-order valence-corrected chi connectivity index (χ0v) is 19.9. The number of halogens is 2. The molecule has 1 aromatic carbocycles. The quantitative estimate of drug-likeness (QED) is 0.705. The highest BCUT2D eigenvalue weighted by Crippen LogP contribution is 2.24. The molecule has 2 atom stereocenters. The predicted octanol–water partition coefficient (Wildman–Crippen LogP) is 2.93. The van der Waals surface area contributed by atoms with Crippen LogP contribution in [0.15, 0.2) is 36.5 Å². The Kier molecular flexibility index (Phi) is 9.75. The minimum Gasteiger partial charge on any atom is -0.347 e. The van der Waals surface area contributed by atoms with Crippen LogP contribution in [-0.4, -0.2) is 58.0 Å². The van der Waals surface area contributed by atoms with Crippen molar-refractivity contribution in [2.75, 3.05) is 26.2 Å². The number of aromatic nitrogens is 3. The molecule has 0 radical (unpaired) electrons. The zero-order valence-electron chi connectivity index (χ0n) is 18.2. The van der Waals surface area contributed by atoms with E-state index in [-0.39, 0.29) is 36.8 Å². The molecule has 172 valence electrons. The highest BCUT2D eigenvalue weighted by molar-refractivity contribution is 5.92. The Bertz CT molecular complexity index is 799. The molecule has 4 rings (SSSR count). The van der Waals surface area contributed by atoms with Gasteiger partial charge < -0.3 is 10.6 Å². The Morgan fingerprint density at radius 2 is 1.74 bits per heavy atom. The molecule has 1 amide bonds. The molecule has 7 nitrogen and oxygen atoms in total. The molecule has 2 aromatic rings. The van der Waals surface area contributed by atoms with E-state index in [0.29, 0.717) is 23.6 Å². The lowest BCUT2D eigenvalue weighted by atomic mass is 9.85. The molecule has 31 heavy (non-hydrogen) atoms. The lowest BCUT2D eigenvalue weighted by Crippen LogP contribution is -2.54. The number of carbonyl (C=O) groups is 1. The summed E-state index contributed by atoms with van der Waals surface area (Å²) in [6, 6.07) is 11.1. The minimum atomic E-state index is -0.106. The summed E-state index contributed by atoms with van der Waals surface area (Å²) in [5, 5.41) is 15.0. The van der Waals surface area contributed by atoms with Crippen LogP contribution in [0.3, 0.4) is 0 Å². The van der Waals surface area contributed by atoms with E-state index in [1.165, 1.54) is 5.56 Å². The van der Waals surface area contributed by atoms with Crippen molar-refractivity contribution in [1.29, 1.82) is 0 Å². The first-order valence-electron chi connectivity index (χ1n) is 10.8. The summed E-state index contributed by atoms with van der Waals surface area (Å²) < 4.78 is 1.87. The van der Waals surface area contributed by atoms with Gasteiger partial charge in [0.2, 0.25) is 0 Å². The molecule has 2 fully saturated rings. The fourth-order valence-corrected chi connectivity index (χ4v) is 4.79. The second-order valence-electron chi connectivity index (χ2n) is 8.70. The Balaban J connectivity index is 0.00000171. The van der Waals surface area contributed by atoms with Crippen LogP contribution in [-0.2, 0) is 6.54 Å². The third kappa shape index (κ3) is 6.42. The molecular formula is C22H34Cl2N6O. The topological polar surface area (TPSA) is 75.1 Å². The van der Waals surface area contributed by atoms with Gasteiger partial charge >= 0.3 is 0 Å². The molecule has 2 aliphatic heterocycles. The first-order chi connectivity index (χ1) is 14.1. The fraction of sp³-hybridized carbons (Fsp3) is 0.591. The van der Waals surface area contributed by atoms with Gasteiger partial charge in [0.15, 0.2) is 5.69 Å². The number of nitrogens with zero attached hydrogens (tertiary/aromatic N) is 4. The standard InChI is InChI=1S/C22H32N6O.2ClH/c1-16-12-27(14-18-6-4-3-5-7-18)13-17(2)21(16)24-22(29)20-15-28(26-25-20)19-8-10-23-11-9-19;;/h3-7,15-17,19,21,23H,8-14H2,1-2H3,(H,24,29);2*1H. The van der Waals surface area contributed by atoms with Gasteiger partial charge in [-0.25, -0.2) is 4.68 Å². The highest BCUT2D eigenvalue weighted by Gasteiger charge is 2.33. The number of benzene rings is 1. The lowest BCUT2D eigenvalue weighted by Gasteiger charge is -2.41. The van der Waals surface area contributed by atoms with Gasteiger partial charge in [-0.3, -0.25) is 9.69 Å². The van der Waals surface area contributed by atoms with Crippen LogP contribution in [0.5, 0.6) is 0 Å². The first-order valence-corrected chi connectivity index (χ1v) is 10.8. The molecule has 0 spiro atoms. The van der Waals surface area contributed by atoms with Crippen LogP contribution in [0.4, 0.5) is 0 Å². The Labute approximate surface area is 197 Å². The minimum absolute atomic E-state index is 0. The Hall–Kier alpha value is -1.67. The summed E-state index contributed by atoms with van der Waals surface area (Å²) in [4.78, 5) is 15.3. The van der Waals surface area contributed by atoms with Crippen LogP contribution >= 0.6 is 24.8 Å². The molecule has 0 bridgehead atoms. The van der Waals surface area contributed by atoms with Gasteiger partial charge in [-0.15, -0.1) is 29.9 Å². The second kappa shape index (κ2) is 11.8. The van der Waals surface area contributed by atoms with Crippen molar-refractivity contribution >= 4 is 30.7 Å². The molecule has 2 saturated heterocycles. The number of amides is 1. The van der Waals surface area contributed by atoms with Crippen molar-refractivity contribution in [2.45, 2.75) is 45.3 Å². The molecule has 3 heterocycles. The number of nitrogens with one attached hydrogen (secondary N) is 2. The van der Waals surface area contributed by atoms with E-state index in [9.17, 15) is 4.79 Å². The molecule has 0 saturated carbocycles. The van der Waals surface area contributed by atoms with E-state index in [0.717, 1.165) is 45.6 Å². The zero-order chi connectivity index (χ0) is 20.2. The van der Waals surface area contributed by atoms with Crippen molar-refractivity contribution < 1.29 is 4.79 Å². The smallest absolute Gasteiger partial charge is 0.273 e. The average Bonchev–Trinajstić information content (AvgIpc) is 3.22. The number of hydrogen-bond acceptors (Lipinski definition) is 5. The van der Waals surface area contributed by atoms with Gasteiger partial charge in [-0.1, -0.05) is 49.4 Å². The normalized spacial score (nSPS) is 24.6. The monoisotopic (exact) mass is 468 g/mol. The highest BCUT2D eigenvalue weighted by atomic mass is 35.5. The van der Waals surface area contributed by atoms with Gasteiger partial charge in [0.05, 0.1) is 12.2 Å². The van der Waals surface area contributed by atoms with Gasteiger partial charge in [-0.05, 0) is 43.3 Å². The Morgan fingerprint density at radius 3 is 2.39 bits per heavy atom. The number of piperidine rings is 2. The van der Waals surface area contributed by atoms with Crippen LogP contribution < -0.4 is 10.6 Å². The molecule has 2 unspecified atom stereocenters.